The van der Waals surface area contributed by atoms with Crippen LogP contribution in [0.2, 0.25) is 0 Å². The molecule has 1 aromatic carbocycles. The van der Waals surface area contributed by atoms with Gasteiger partial charge < -0.3 is 10.4 Å². The van der Waals surface area contributed by atoms with Crippen molar-refractivity contribution >= 4 is 17.7 Å². The minimum atomic E-state index is -0.0472. The molecule has 0 aromatic heterocycles. The third-order valence-electron chi connectivity index (χ3n) is 4.22. The average molecular weight is 307 g/mol. The van der Waals surface area contributed by atoms with Crippen molar-refractivity contribution in [3.8, 4) is 0 Å². The summed E-state index contributed by atoms with van der Waals surface area (Å²) >= 11 is 1.79. The van der Waals surface area contributed by atoms with Crippen LogP contribution in [-0.4, -0.2) is 29.9 Å². The van der Waals surface area contributed by atoms with E-state index in [1.165, 1.54) is 17.7 Å². The van der Waals surface area contributed by atoms with Crippen LogP contribution in [0.15, 0.2) is 35.2 Å². The second kappa shape index (κ2) is 8.44. The quantitative estimate of drug-likeness (QED) is 0.572. The van der Waals surface area contributed by atoms with Gasteiger partial charge in [0.2, 0.25) is 5.91 Å². The molecular formula is C17H25NO2S. The lowest BCUT2D eigenvalue weighted by atomic mass is 9.87. The second-order valence-corrected chi connectivity index (χ2v) is 7.08. The molecule has 21 heavy (non-hydrogen) atoms. The molecule has 1 aliphatic carbocycles. The van der Waals surface area contributed by atoms with Gasteiger partial charge in [0.25, 0.3) is 0 Å². The summed E-state index contributed by atoms with van der Waals surface area (Å²) in [6.45, 7) is 0.825. The van der Waals surface area contributed by atoms with Crippen LogP contribution in [0.25, 0.3) is 0 Å². The molecule has 0 aliphatic heterocycles. The van der Waals surface area contributed by atoms with E-state index < -0.39 is 0 Å². The van der Waals surface area contributed by atoms with Crippen molar-refractivity contribution in [1.29, 1.82) is 0 Å². The molecule has 0 spiro atoms. The number of rotatable bonds is 8. The third-order valence-corrected chi connectivity index (χ3v) is 5.32. The van der Waals surface area contributed by atoms with E-state index in [0.29, 0.717) is 13.0 Å². The van der Waals surface area contributed by atoms with Gasteiger partial charge in [0.15, 0.2) is 0 Å². The normalized spacial score (nSPS) is 16.8. The van der Waals surface area contributed by atoms with Gasteiger partial charge in [-0.3, -0.25) is 4.79 Å². The highest BCUT2D eigenvalue weighted by molar-refractivity contribution is 7.99. The Morgan fingerprint density at radius 3 is 2.62 bits per heavy atom. The zero-order chi connectivity index (χ0) is 15.0. The first kappa shape index (κ1) is 16.4. The summed E-state index contributed by atoms with van der Waals surface area (Å²) in [5, 5.41) is 12.5. The van der Waals surface area contributed by atoms with Crippen molar-refractivity contribution in [2.75, 3.05) is 18.9 Å². The molecule has 0 heterocycles. The monoisotopic (exact) mass is 307 g/mol. The standard InChI is InChI=1S/C17H25NO2S/c19-14-17(10-4-5-11-17)13-18-16(20)9-6-12-21-15-7-2-1-3-8-15/h1-3,7-8,19H,4-6,9-14H2,(H,18,20). The molecule has 1 amide bonds. The van der Waals surface area contributed by atoms with Crippen molar-refractivity contribution in [2.45, 2.75) is 43.4 Å². The van der Waals surface area contributed by atoms with Gasteiger partial charge in [0.05, 0.1) is 6.61 Å². The van der Waals surface area contributed by atoms with Gasteiger partial charge >= 0.3 is 0 Å². The number of hydrogen-bond donors (Lipinski definition) is 2. The predicted octanol–water partition coefficient (Wildman–Crippen LogP) is 3.23. The highest BCUT2D eigenvalue weighted by atomic mass is 32.2. The maximum Gasteiger partial charge on any atom is 0.220 e. The average Bonchev–Trinajstić information content (AvgIpc) is 3.00. The smallest absolute Gasteiger partial charge is 0.220 e. The molecule has 0 atom stereocenters. The van der Waals surface area contributed by atoms with Crippen LogP contribution in [0.3, 0.4) is 0 Å². The number of thioether (sulfide) groups is 1. The lowest BCUT2D eigenvalue weighted by Gasteiger charge is -2.26. The van der Waals surface area contributed by atoms with Crippen LogP contribution in [0.1, 0.15) is 38.5 Å². The fraction of sp³-hybridized carbons (Fsp3) is 0.588. The van der Waals surface area contributed by atoms with Crippen LogP contribution >= 0.6 is 11.8 Å². The first-order valence-electron chi connectivity index (χ1n) is 7.80. The van der Waals surface area contributed by atoms with E-state index in [1.54, 1.807) is 11.8 Å². The number of aliphatic hydroxyl groups excluding tert-OH is 1. The van der Waals surface area contributed by atoms with Crippen LogP contribution in [0, 0.1) is 5.41 Å². The summed E-state index contributed by atoms with van der Waals surface area (Å²) in [4.78, 5) is 13.1. The molecule has 4 heteroatoms. The topological polar surface area (TPSA) is 49.3 Å². The molecule has 0 unspecified atom stereocenters. The first-order valence-corrected chi connectivity index (χ1v) is 8.78. The van der Waals surface area contributed by atoms with Gasteiger partial charge in [0.1, 0.15) is 0 Å². The number of amides is 1. The molecule has 116 valence electrons. The molecule has 2 N–H and O–H groups in total. The van der Waals surface area contributed by atoms with Gasteiger partial charge in [-0.15, -0.1) is 11.8 Å². The number of carbonyl (C=O) groups excluding carboxylic acids is 1. The second-order valence-electron chi connectivity index (χ2n) is 5.91. The van der Waals surface area contributed by atoms with E-state index in [0.717, 1.165) is 25.0 Å². The number of hydrogen-bond acceptors (Lipinski definition) is 3. The molecule has 0 radical (unpaired) electrons. The van der Waals surface area contributed by atoms with Crippen LogP contribution in [0.4, 0.5) is 0 Å². The molecule has 0 saturated heterocycles. The highest BCUT2D eigenvalue weighted by Gasteiger charge is 2.33. The summed E-state index contributed by atoms with van der Waals surface area (Å²) in [5.41, 5.74) is -0.0472. The molecular weight excluding hydrogens is 282 g/mol. The summed E-state index contributed by atoms with van der Waals surface area (Å²) in [7, 11) is 0. The Morgan fingerprint density at radius 1 is 1.24 bits per heavy atom. The van der Waals surface area contributed by atoms with Gasteiger partial charge in [0, 0.05) is 23.3 Å². The highest BCUT2D eigenvalue weighted by Crippen LogP contribution is 2.36. The Bertz CT molecular complexity index is 430. The SMILES string of the molecule is O=C(CCCSc1ccccc1)NCC1(CO)CCCC1. The molecule has 1 aromatic rings. The van der Waals surface area contributed by atoms with Gasteiger partial charge in [-0.05, 0) is 37.1 Å². The van der Waals surface area contributed by atoms with Gasteiger partial charge in [-0.1, -0.05) is 31.0 Å². The molecule has 0 bridgehead atoms. The molecule has 2 rings (SSSR count). The third kappa shape index (κ3) is 5.36. The number of nitrogens with one attached hydrogen (secondary N) is 1. The Labute approximate surface area is 131 Å². The maximum absolute atomic E-state index is 11.9. The molecule has 1 saturated carbocycles. The zero-order valence-electron chi connectivity index (χ0n) is 12.5. The molecule has 1 fully saturated rings. The summed E-state index contributed by atoms with van der Waals surface area (Å²) in [6.07, 6.45) is 5.87. The molecule has 1 aliphatic rings. The Hall–Kier alpha value is -1.00. The fourth-order valence-electron chi connectivity index (χ4n) is 2.83. The van der Waals surface area contributed by atoms with E-state index >= 15 is 0 Å². The maximum atomic E-state index is 11.9. The van der Waals surface area contributed by atoms with E-state index in [-0.39, 0.29) is 17.9 Å². The Balaban J connectivity index is 1.59. The predicted molar refractivity (Wildman–Crippen MR) is 87.4 cm³/mol. The van der Waals surface area contributed by atoms with Crippen molar-refractivity contribution < 1.29 is 9.90 Å². The van der Waals surface area contributed by atoms with E-state index in [2.05, 4.69) is 17.4 Å². The van der Waals surface area contributed by atoms with Crippen molar-refractivity contribution in [2.24, 2.45) is 5.41 Å². The number of carbonyl (C=O) groups is 1. The minimum absolute atomic E-state index is 0.0472. The van der Waals surface area contributed by atoms with Crippen molar-refractivity contribution in [3.05, 3.63) is 30.3 Å². The van der Waals surface area contributed by atoms with E-state index in [9.17, 15) is 9.90 Å². The Morgan fingerprint density at radius 2 is 1.95 bits per heavy atom. The van der Waals surface area contributed by atoms with Gasteiger partial charge in [-0.2, -0.15) is 0 Å². The van der Waals surface area contributed by atoms with E-state index in [1.807, 2.05) is 18.2 Å². The first-order chi connectivity index (χ1) is 10.2. The largest absolute Gasteiger partial charge is 0.396 e. The lowest BCUT2D eigenvalue weighted by Crippen LogP contribution is -2.38. The van der Waals surface area contributed by atoms with Crippen LogP contribution in [0.5, 0.6) is 0 Å². The van der Waals surface area contributed by atoms with Crippen LogP contribution < -0.4 is 5.32 Å². The van der Waals surface area contributed by atoms with Crippen LogP contribution in [-0.2, 0) is 4.79 Å². The summed E-state index contributed by atoms with van der Waals surface area (Å²) in [6, 6.07) is 10.3. The van der Waals surface area contributed by atoms with Gasteiger partial charge in [-0.25, -0.2) is 0 Å². The lowest BCUT2D eigenvalue weighted by molar-refractivity contribution is -0.121. The number of benzene rings is 1. The minimum Gasteiger partial charge on any atom is -0.396 e. The van der Waals surface area contributed by atoms with Crippen molar-refractivity contribution in [1.82, 2.24) is 5.32 Å². The Kier molecular flexibility index (Phi) is 6.58. The van der Waals surface area contributed by atoms with E-state index in [4.69, 9.17) is 0 Å². The van der Waals surface area contributed by atoms with Crippen molar-refractivity contribution in [3.63, 3.8) is 0 Å². The number of aliphatic hydroxyl groups is 1. The zero-order valence-corrected chi connectivity index (χ0v) is 13.3. The summed E-state index contributed by atoms with van der Waals surface area (Å²) < 4.78 is 0. The molecule has 3 nitrogen and oxygen atoms in total. The summed E-state index contributed by atoms with van der Waals surface area (Å²) in [5.74, 6) is 1.08. The fourth-order valence-corrected chi connectivity index (χ4v) is 3.70.